The van der Waals surface area contributed by atoms with Gasteiger partial charge in [-0.15, -0.1) is 0 Å². The van der Waals surface area contributed by atoms with Crippen LogP contribution < -0.4 is 0 Å². The summed E-state index contributed by atoms with van der Waals surface area (Å²) in [5.41, 5.74) is 0. The highest BCUT2D eigenvalue weighted by Gasteiger charge is 2.29. The summed E-state index contributed by atoms with van der Waals surface area (Å²) in [6.45, 7) is 2.42. The molecule has 0 bridgehead atoms. The number of phosphoric ester groups is 2. The van der Waals surface area contributed by atoms with Crippen molar-refractivity contribution in [1.29, 1.82) is 0 Å². The number of esters is 3. The Balaban J connectivity index is 4.60. The third-order valence-corrected chi connectivity index (χ3v) is 19.8. The first-order valence-corrected chi connectivity index (χ1v) is 46.4. The van der Waals surface area contributed by atoms with E-state index in [4.69, 9.17) is 32.3 Å². The zero-order valence-electron chi connectivity index (χ0n) is 69.6. The summed E-state index contributed by atoms with van der Waals surface area (Å²) in [7, 11) is -9.82. The molecule has 0 saturated heterocycles. The van der Waals surface area contributed by atoms with E-state index in [1.807, 2.05) is 0 Å². The van der Waals surface area contributed by atoms with Gasteiger partial charge in [-0.1, -0.05) is 339 Å². The van der Waals surface area contributed by atoms with Gasteiger partial charge in [-0.2, -0.15) is 0 Å². The Hall–Kier alpha value is -5.09. The van der Waals surface area contributed by atoms with Gasteiger partial charge in [-0.25, -0.2) is 9.13 Å². The molecule has 0 heterocycles. The van der Waals surface area contributed by atoms with Crippen LogP contribution in [0.2, 0.25) is 0 Å². The van der Waals surface area contributed by atoms with Gasteiger partial charge in [0, 0.05) is 19.3 Å². The van der Waals surface area contributed by atoms with Crippen LogP contribution in [0.3, 0.4) is 0 Å². The second kappa shape index (κ2) is 84.3. The zero-order chi connectivity index (χ0) is 80.8. The van der Waals surface area contributed by atoms with Crippen LogP contribution in [-0.2, 0) is 55.8 Å². The van der Waals surface area contributed by atoms with E-state index in [1.54, 1.807) is 0 Å². The first-order valence-electron chi connectivity index (χ1n) is 43.4. The highest BCUT2D eigenvalue weighted by atomic mass is 31.2. The molecule has 0 aromatic carbocycles. The fourth-order valence-corrected chi connectivity index (χ4v) is 13.0. The summed E-state index contributed by atoms with van der Waals surface area (Å²) in [5, 5.41) is 20.7. The van der Waals surface area contributed by atoms with Crippen molar-refractivity contribution in [3.05, 3.63) is 170 Å². The number of hydrogen-bond donors (Lipinski definition) is 4. The fourth-order valence-electron chi connectivity index (χ4n) is 11.4. The largest absolute Gasteiger partial charge is 0.472 e. The number of rotatable bonds is 81. The molecule has 0 amide bonds. The minimum absolute atomic E-state index is 0.0824. The van der Waals surface area contributed by atoms with Crippen molar-refractivity contribution in [2.75, 3.05) is 39.6 Å². The molecule has 0 radical (unpaired) electrons. The lowest BCUT2D eigenvalue weighted by atomic mass is 10.0. The lowest BCUT2D eigenvalue weighted by Gasteiger charge is -2.21. The average Bonchev–Trinajstić information content (AvgIpc) is 0.895. The molecule has 111 heavy (non-hydrogen) atoms. The summed E-state index contributed by atoms with van der Waals surface area (Å²) in [5.74, 6) is -1.60. The zero-order valence-corrected chi connectivity index (χ0v) is 71.4. The molecule has 0 aliphatic carbocycles. The quantitative estimate of drug-likeness (QED) is 0.0146. The maximum Gasteiger partial charge on any atom is 0.472 e. The van der Waals surface area contributed by atoms with Crippen LogP contribution in [0.25, 0.3) is 0 Å². The van der Waals surface area contributed by atoms with Gasteiger partial charge in [0.05, 0.1) is 26.4 Å². The molecule has 0 aliphatic rings. The third kappa shape index (κ3) is 85.6. The minimum Gasteiger partial charge on any atom is -0.463 e. The molecule has 18 heteroatoms. The van der Waals surface area contributed by atoms with Crippen molar-refractivity contribution in [3.8, 4) is 0 Å². The number of carbonyl (C=O) groups excluding carboxylic acids is 3. The second-order valence-corrected chi connectivity index (χ2v) is 31.5. The van der Waals surface area contributed by atoms with Crippen molar-refractivity contribution < 1.29 is 75.8 Å². The third-order valence-electron chi connectivity index (χ3n) is 17.9. The first kappa shape index (κ1) is 106. The van der Waals surface area contributed by atoms with Gasteiger partial charge in [0.1, 0.15) is 25.4 Å². The second-order valence-electron chi connectivity index (χ2n) is 28.6. The molecule has 16 nitrogen and oxygen atoms in total. The number of allylic oxidation sites excluding steroid dienone is 28. The Morgan fingerprint density at radius 2 is 0.477 bits per heavy atom. The maximum atomic E-state index is 13.0. The van der Waals surface area contributed by atoms with Crippen molar-refractivity contribution in [1.82, 2.24) is 0 Å². The standard InChI is InChI=1S/C93H156O16P2/c1-4-7-10-13-16-19-22-25-28-31-34-36-38-40-41-42-43-44-45-47-49-50-53-55-58-61-64-67-70-73-76-79-91(96)103-82-88(94)83-105-110(99,100)106-84-89(95)85-107-111(101,102)108-87-90(109-93(98)81-78-75-72-69-66-63-60-57-52-33-30-27-24-21-18-15-12-9-6-3)86-104-92(97)80-77-74-71-68-65-62-59-56-54-51-48-46-39-37-35-32-29-26-23-20-17-14-11-8-5-2/h7,9-10,12,16-21,25-30,34-37,40-41,43-44,46,48,52,57,88-90,94-95H,4-6,8,11,13-15,22-24,31-33,38-39,42,45,47,49-51,53-56,58-87H2,1-3H3,(H,99,100)(H,101,102)/b10-7-,12-9-,19-16-,20-17-,21-18-,28-25-,29-26-,30-27-,36-34-,37-35-,41-40-,44-43-,48-46-,57-52-. The molecule has 5 unspecified atom stereocenters. The molecule has 0 aromatic heterocycles. The molecular formula is C93H156O16P2. The minimum atomic E-state index is -4.95. The molecule has 4 N–H and O–H groups in total. The van der Waals surface area contributed by atoms with Crippen LogP contribution in [0.4, 0.5) is 0 Å². The first-order chi connectivity index (χ1) is 54.2. The van der Waals surface area contributed by atoms with Crippen LogP contribution in [0.5, 0.6) is 0 Å². The Morgan fingerprint density at radius 3 is 0.757 bits per heavy atom. The van der Waals surface area contributed by atoms with E-state index >= 15 is 0 Å². The highest BCUT2D eigenvalue weighted by Crippen LogP contribution is 2.45. The van der Waals surface area contributed by atoms with Gasteiger partial charge in [0.15, 0.2) is 6.10 Å². The molecule has 0 rings (SSSR count). The van der Waals surface area contributed by atoms with Crippen LogP contribution >= 0.6 is 15.6 Å². The fraction of sp³-hybridized carbons (Fsp3) is 0.667. The summed E-state index contributed by atoms with van der Waals surface area (Å²) in [6, 6.07) is 0. The Labute approximate surface area is 675 Å². The lowest BCUT2D eigenvalue weighted by Crippen LogP contribution is -2.30. The van der Waals surface area contributed by atoms with Gasteiger partial charge in [-0.05, 0) is 154 Å². The maximum absolute atomic E-state index is 13.0. The van der Waals surface area contributed by atoms with Gasteiger partial charge in [-0.3, -0.25) is 32.5 Å². The highest BCUT2D eigenvalue weighted by molar-refractivity contribution is 7.47. The molecule has 0 fully saturated rings. The van der Waals surface area contributed by atoms with Crippen molar-refractivity contribution in [2.45, 2.75) is 360 Å². The van der Waals surface area contributed by atoms with Crippen LogP contribution in [-0.4, -0.2) is 95.9 Å². The Morgan fingerprint density at radius 1 is 0.261 bits per heavy atom. The van der Waals surface area contributed by atoms with Gasteiger partial charge < -0.3 is 34.2 Å². The van der Waals surface area contributed by atoms with E-state index in [-0.39, 0.29) is 19.3 Å². The molecule has 5 atom stereocenters. The summed E-state index contributed by atoms with van der Waals surface area (Å²) in [6.07, 6.45) is 108. The SMILES string of the molecule is CC/C=C\C/C=C\C/C=C\C/C=C\C/C=C\C/C=C\CCCCCCCCCCCCCCC(=O)OCC(O)COP(=O)(O)OCC(O)COP(=O)(O)OCC(COC(=O)CCCCCCCCCCC/C=C\C/C=C\C/C=C\C/C=C\CCCCC)OC(=O)CCCCCCCC/C=C\C/C=C\C/C=C\C/C=C\CC. The summed E-state index contributed by atoms with van der Waals surface area (Å²) >= 11 is 0. The van der Waals surface area contributed by atoms with E-state index in [9.17, 15) is 43.5 Å². The predicted molar refractivity (Wildman–Crippen MR) is 463 cm³/mol. The number of hydrogen-bond acceptors (Lipinski definition) is 14. The van der Waals surface area contributed by atoms with E-state index in [0.717, 1.165) is 180 Å². The van der Waals surface area contributed by atoms with Gasteiger partial charge in [0.25, 0.3) is 0 Å². The van der Waals surface area contributed by atoms with Crippen molar-refractivity contribution in [2.24, 2.45) is 0 Å². The molecule has 0 aromatic rings. The van der Waals surface area contributed by atoms with Crippen molar-refractivity contribution in [3.63, 3.8) is 0 Å². The number of aliphatic hydroxyl groups is 2. The Kier molecular flexibility index (Phi) is 80.4. The molecule has 0 saturated carbocycles. The van der Waals surface area contributed by atoms with Crippen LogP contribution in [0.15, 0.2) is 170 Å². The molecular weight excluding hydrogens is 1430 g/mol. The number of ether oxygens (including phenoxy) is 3. The summed E-state index contributed by atoms with van der Waals surface area (Å²) < 4.78 is 61.4. The lowest BCUT2D eigenvalue weighted by molar-refractivity contribution is -0.161. The van der Waals surface area contributed by atoms with Crippen molar-refractivity contribution >= 4 is 33.6 Å². The summed E-state index contributed by atoms with van der Waals surface area (Å²) in [4.78, 5) is 58.9. The van der Waals surface area contributed by atoms with E-state index in [0.29, 0.717) is 19.3 Å². The van der Waals surface area contributed by atoms with Gasteiger partial charge >= 0.3 is 33.6 Å². The van der Waals surface area contributed by atoms with Crippen LogP contribution in [0, 0.1) is 0 Å². The van der Waals surface area contributed by atoms with E-state index in [1.165, 1.54) is 103 Å². The molecule has 0 spiro atoms. The average molecular weight is 1590 g/mol. The number of unbranched alkanes of at least 4 members (excludes halogenated alkanes) is 30. The van der Waals surface area contributed by atoms with Crippen LogP contribution in [0.1, 0.15) is 342 Å². The molecule has 634 valence electrons. The van der Waals surface area contributed by atoms with E-state index in [2.05, 4.69) is 191 Å². The number of aliphatic hydroxyl groups excluding tert-OH is 2. The predicted octanol–water partition coefficient (Wildman–Crippen LogP) is 26.3. The topological polar surface area (TPSA) is 231 Å². The normalized spacial score (nSPS) is 14.7. The molecule has 0 aliphatic heterocycles. The Bertz CT molecular complexity index is 2700. The monoisotopic (exact) mass is 1590 g/mol. The number of phosphoric acid groups is 2. The number of carbonyl (C=O) groups is 3. The smallest absolute Gasteiger partial charge is 0.463 e. The van der Waals surface area contributed by atoms with Gasteiger partial charge in [0.2, 0.25) is 0 Å². The van der Waals surface area contributed by atoms with E-state index < -0.39 is 91.5 Å².